The van der Waals surface area contributed by atoms with E-state index >= 15 is 0 Å². The summed E-state index contributed by atoms with van der Waals surface area (Å²) in [6.07, 6.45) is 3.57. The molecule has 1 aromatic heterocycles. The quantitative estimate of drug-likeness (QED) is 0.810. The Morgan fingerprint density at radius 1 is 1.22 bits per heavy atom. The smallest absolute Gasteiger partial charge is 0.257 e. The van der Waals surface area contributed by atoms with Crippen LogP contribution in [0.2, 0.25) is 0 Å². The molecule has 0 aliphatic carbocycles. The number of morpholine rings is 1. The van der Waals surface area contributed by atoms with Crippen molar-refractivity contribution in [2.75, 3.05) is 40.0 Å². The highest BCUT2D eigenvalue weighted by Gasteiger charge is 2.31. The summed E-state index contributed by atoms with van der Waals surface area (Å²) in [6, 6.07) is 9.98. The van der Waals surface area contributed by atoms with Gasteiger partial charge in [0.2, 0.25) is 0 Å². The van der Waals surface area contributed by atoms with Crippen molar-refractivity contribution < 1.29 is 18.7 Å². The van der Waals surface area contributed by atoms with Crippen molar-refractivity contribution in [2.24, 2.45) is 0 Å². The SMILES string of the molecule is COc1cccc([C@H]2CCCN2C(=O)c2coc(CN3CCOCC3)c2)c1. The summed E-state index contributed by atoms with van der Waals surface area (Å²) in [6.45, 7) is 4.79. The topological polar surface area (TPSA) is 55.2 Å². The van der Waals surface area contributed by atoms with E-state index in [9.17, 15) is 4.79 Å². The summed E-state index contributed by atoms with van der Waals surface area (Å²) in [5, 5.41) is 0. The number of benzene rings is 1. The summed E-state index contributed by atoms with van der Waals surface area (Å²) < 4.78 is 16.4. The number of carbonyl (C=O) groups is 1. The number of furan rings is 1. The Morgan fingerprint density at radius 2 is 2.07 bits per heavy atom. The Labute approximate surface area is 159 Å². The van der Waals surface area contributed by atoms with Crippen LogP contribution in [0.1, 0.15) is 40.6 Å². The van der Waals surface area contributed by atoms with Crippen LogP contribution < -0.4 is 4.74 Å². The first-order chi connectivity index (χ1) is 13.2. The van der Waals surface area contributed by atoms with E-state index in [-0.39, 0.29) is 11.9 Å². The third-order valence-corrected chi connectivity index (χ3v) is 5.38. The molecule has 2 saturated heterocycles. The molecule has 6 nitrogen and oxygen atoms in total. The second-order valence-corrected chi connectivity index (χ2v) is 7.12. The minimum Gasteiger partial charge on any atom is -0.497 e. The Hall–Kier alpha value is -2.31. The number of likely N-dealkylation sites (tertiary alicyclic amines) is 1. The van der Waals surface area contributed by atoms with Crippen LogP contribution in [0.25, 0.3) is 0 Å². The van der Waals surface area contributed by atoms with Gasteiger partial charge in [-0.25, -0.2) is 0 Å². The fourth-order valence-corrected chi connectivity index (χ4v) is 3.93. The predicted octanol–water partition coefficient (Wildman–Crippen LogP) is 3.10. The fraction of sp³-hybridized carbons (Fsp3) is 0.476. The third-order valence-electron chi connectivity index (χ3n) is 5.38. The first-order valence-corrected chi connectivity index (χ1v) is 9.57. The molecule has 144 valence electrons. The highest BCUT2D eigenvalue weighted by atomic mass is 16.5. The predicted molar refractivity (Wildman–Crippen MR) is 101 cm³/mol. The molecule has 4 rings (SSSR count). The van der Waals surface area contributed by atoms with Gasteiger partial charge in [0.25, 0.3) is 5.91 Å². The van der Waals surface area contributed by atoms with Crippen LogP contribution in [0.15, 0.2) is 41.0 Å². The Balaban J connectivity index is 1.46. The van der Waals surface area contributed by atoms with Crippen LogP contribution >= 0.6 is 0 Å². The molecule has 6 heteroatoms. The zero-order chi connectivity index (χ0) is 18.6. The summed E-state index contributed by atoms with van der Waals surface area (Å²) in [5.74, 6) is 1.69. The van der Waals surface area contributed by atoms with Gasteiger partial charge in [-0.15, -0.1) is 0 Å². The molecule has 1 atom stereocenters. The Morgan fingerprint density at radius 3 is 2.89 bits per heavy atom. The van der Waals surface area contributed by atoms with Gasteiger partial charge < -0.3 is 18.8 Å². The van der Waals surface area contributed by atoms with Gasteiger partial charge in [-0.2, -0.15) is 0 Å². The molecule has 0 radical (unpaired) electrons. The molecule has 2 aromatic rings. The van der Waals surface area contributed by atoms with Gasteiger partial charge in [0.15, 0.2) is 0 Å². The zero-order valence-electron chi connectivity index (χ0n) is 15.7. The van der Waals surface area contributed by atoms with E-state index in [0.29, 0.717) is 5.56 Å². The molecule has 2 aliphatic heterocycles. The van der Waals surface area contributed by atoms with Crippen LogP contribution in [0.5, 0.6) is 5.75 Å². The van der Waals surface area contributed by atoms with Crippen LogP contribution in [-0.2, 0) is 11.3 Å². The number of ether oxygens (including phenoxy) is 2. The third kappa shape index (κ3) is 4.01. The molecule has 2 aliphatic rings. The monoisotopic (exact) mass is 370 g/mol. The summed E-state index contributed by atoms with van der Waals surface area (Å²) in [5.41, 5.74) is 1.75. The maximum absolute atomic E-state index is 13.1. The van der Waals surface area contributed by atoms with Gasteiger partial charge in [-0.05, 0) is 36.6 Å². The van der Waals surface area contributed by atoms with E-state index in [2.05, 4.69) is 11.0 Å². The van der Waals surface area contributed by atoms with Crippen molar-refractivity contribution in [3.05, 3.63) is 53.5 Å². The van der Waals surface area contributed by atoms with Crippen molar-refractivity contribution in [3.8, 4) is 5.75 Å². The molecular weight excluding hydrogens is 344 g/mol. The second-order valence-electron chi connectivity index (χ2n) is 7.12. The van der Waals surface area contributed by atoms with Crippen LogP contribution in [0, 0.1) is 0 Å². The lowest BCUT2D eigenvalue weighted by molar-refractivity contribution is 0.0313. The molecule has 0 saturated carbocycles. The lowest BCUT2D eigenvalue weighted by atomic mass is 10.0. The van der Waals surface area contributed by atoms with E-state index in [1.165, 1.54) is 0 Å². The van der Waals surface area contributed by atoms with Gasteiger partial charge in [-0.1, -0.05) is 12.1 Å². The van der Waals surface area contributed by atoms with Gasteiger partial charge >= 0.3 is 0 Å². The number of hydrogen-bond acceptors (Lipinski definition) is 5. The fourth-order valence-electron chi connectivity index (χ4n) is 3.93. The maximum Gasteiger partial charge on any atom is 0.257 e. The van der Waals surface area contributed by atoms with Crippen molar-refractivity contribution >= 4 is 5.91 Å². The minimum absolute atomic E-state index is 0.0392. The van der Waals surface area contributed by atoms with Gasteiger partial charge in [-0.3, -0.25) is 9.69 Å². The Bertz CT molecular complexity index is 782. The van der Waals surface area contributed by atoms with E-state index in [1.54, 1.807) is 13.4 Å². The van der Waals surface area contributed by atoms with Crippen molar-refractivity contribution in [3.63, 3.8) is 0 Å². The maximum atomic E-state index is 13.1. The molecule has 27 heavy (non-hydrogen) atoms. The highest BCUT2D eigenvalue weighted by Crippen LogP contribution is 2.34. The number of nitrogens with zero attached hydrogens (tertiary/aromatic N) is 2. The average Bonchev–Trinajstić information content (AvgIpc) is 3.38. The first kappa shape index (κ1) is 18.1. The van der Waals surface area contributed by atoms with Crippen molar-refractivity contribution in [2.45, 2.75) is 25.4 Å². The van der Waals surface area contributed by atoms with Gasteiger partial charge in [0.05, 0.1) is 38.5 Å². The average molecular weight is 370 g/mol. The number of hydrogen-bond donors (Lipinski definition) is 0. The standard InChI is InChI=1S/C21H26N2O4/c1-25-18-5-2-4-16(12-18)20-6-3-7-23(20)21(24)17-13-19(27-15-17)14-22-8-10-26-11-9-22/h2,4-5,12-13,15,20H,3,6-11,14H2,1H3/t20-/m1/s1. The minimum atomic E-state index is 0.0392. The number of methoxy groups -OCH3 is 1. The van der Waals surface area contributed by atoms with Gasteiger partial charge in [0.1, 0.15) is 17.8 Å². The normalized spacial score (nSPS) is 20.8. The largest absolute Gasteiger partial charge is 0.497 e. The molecule has 0 spiro atoms. The molecule has 1 amide bonds. The van der Waals surface area contributed by atoms with Crippen molar-refractivity contribution in [1.82, 2.24) is 9.80 Å². The lowest BCUT2D eigenvalue weighted by Gasteiger charge is -2.25. The van der Waals surface area contributed by atoms with Crippen LogP contribution in [-0.4, -0.2) is 55.7 Å². The molecule has 3 heterocycles. The molecule has 0 N–H and O–H groups in total. The van der Waals surface area contributed by atoms with E-state index in [4.69, 9.17) is 13.9 Å². The number of carbonyl (C=O) groups excluding carboxylic acids is 1. The first-order valence-electron chi connectivity index (χ1n) is 9.57. The lowest BCUT2D eigenvalue weighted by Crippen LogP contribution is -2.35. The van der Waals surface area contributed by atoms with E-state index in [0.717, 1.165) is 69.3 Å². The summed E-state index contributed by atoms with van der Waals surface area (Å²) in [7, 11) is 1.66. The number of amides is 1. The highest BCUT2D eigenvalue weighted by molar-refractivity contribution is 5.94. The Kier molecular flexibility index (Phi) is 5.45. The van der Waals surface area contributed by atoms with Crippen LogP contribution in [0.4, 0.5) is 0 Å². The van der Waals surface area contributed by atoms with E-state index in [1.807, 2.05) is 29.2 Å². The van der Waals surface area contributed by atoms with Crippen molar-refractivity contribution in [1.29, 1.82) is 0 Å². The van der Waals surface area contributed by atoms with Crippen LogP contribution in [0.3, 0.4) is 0 Å². The van der Waals surface area contributed by atoms with E-state index < -0.39 is 0 Å². The zero-order valence-corrected chi connectivity index (χ0v) is 15.7. The molecule has 0 bridgehead atoms. The molecule has 2 fully saturated rings. The molecule has 0 unspecified atom stereocenters. The number of rotatable bonds is 5. The molecule has 1 aromatic carbocycles. The molecular formula is C21H26N2O4. The van der Waals surface area contributed by atoms with Gasteiger partial charge in [0, 0.05) is 19.6 Å². The summed E-state index contributed by atoms with van der Waals surface area (Å²) >= 11 is 0. The second kappa shape index (κ2) is 8.15. The summed E-state index contributed by atoms with van der Waals surface area (Å²) in [4.78, 5) is 17.3.